The lowest BCUT2D eigenvalue weighted by atomic mass is 10.0. The van der Waals surface area contributed by atoms with E-state index in [4.69, 9.17) is 0 Å². The summed E-state index contributed by atoms with van der Waals surface area (Å²) in [6.07, 6.45) is 6.56. The van der Waals surface area contributed by atoms with Gasteiger partial charge < -0.3 is 10.4 Å². The van der Waals surface area contributed by atoms with Gasteiger partial charge in [0.05, 0.1) is 6.61 Å². The first-order valence-corrected chi connectivity index (χ1v) is 5.77. The van der Waals surface area contributed by atoms with Gasteiger partial charge in [0.15, 0.2) is 0 Å². The van der Waals surface area contributed by atoms with Gasteiger partial charge in [0.1, 0.15) is 0 Å². The van der Waals surface area contributed by atoms with E-state index in [0.717, 1.165) is 18.5 Å². The van der Waals surface area contributed by atoms with E-state index in [0.29, 0.717) is 0 Å². The third-order valence-electron chi connectivity index (χ3n) is 2.30. The summed E-state index contributed by atoms with van der Waals surface area (Å²) in [6.45, 7) is 13.1. The first kappa shape index (κ1) is 15.1. The van der Waals surface area contributed by atoms with Crippen LogP contribution in [0.15, 0.2) is 36.0 Å². The van der Waals surface area contributed by atoms with E-state index in [9.17, 15) is 5.11 Å². The molecular weight excluding hydrogens is 198 g/mol. The van der Waals surface area contributed by atoms with Crippen molar-refractivity contribution in [1.29, 1.82) is 0 Å². The SMILES string of the molecule is C=C/C=C(CO)\C(=C/C)CCNC(C)(C)C. The number of hydrogen-bond donors (Lipinski definition) is 2. The molecule has 0 bridgehead atoms. The van der Waals surface area contributed by atoms with Crippen LogP contribution < -0.4 is 5.32 Å². The highest BCUT2D eigenvalue weighted by Crippen LogP contribution is 2.14. The van der Waals surface area contributed by atoms with E-state index in [1.54, 1.807) is 6.08 Å². The first-order valence-electron chi connectivity index (χ1n) is 5.77. The van der Waals surface area contributed by atoms with Crippen molar-refractivity contribution in [2.75, 3.05) is 13.2 Å². The Labute approximate surface area is 99.8 Å². The highest BCUT2D eigenvalue weighted by molar-refractivity contribution is 5.33. The maximum atomic E-state index is 9.24. The van der Waals surface area contributed by atoms with Gasteiger partial charge in [-0.3, -0.25) is 0 Å². The molecule has 16 heavy (non-hydrogen) atoms. The highest BCUT2D eigenvalue weighted by atomic mass is 16.3. The van der Waals surface area contributed by atoms with E-state index >= 15 is 0 Å². The molecule has 2 N–H and O–H groups in total. The molecule has 0 saturated heterocycles. The van der Waals surface area contributed by atoms with Crippen LogP contribution in [0, 0.1) is 0 Å². The van der Waals surface area contributed by atoms with E-state index < -0.39 is 0 Å². The van der Waals surface area contributed by atoms with E-state index in [2.05, 4.69) is 38.7 Å². The third-order valence-corrected chi connectivity index (χ3v) is 2.30. The fourth-order valence-electron chi connectivity index (χ4n) is 1.47. The lowest BCUT2D eigenvalue weighted by Crippen LogP contribution is -2.36. The lowest BCUT2D eigenvalue weighted by Gasteiger charge is -2.21. The van der Waals surface area contributed by atoms with Crippen molar-refractivity contribution in [3.05, 3.63) is 36.0 Å². The Bertz CT molecular complexity index is 269. The van der Waals surface area contributed by atoms with E-state index in [-0.39, 0.29) is 12.1 Å². The number of aliphatic hydroxyl groups excluding tert-OH is 1. The van der Waals surface area contributed by atoms with Crippen LogP contribution in [0.1, 0.15) is 34.1 Å². The molecule has 2 heteroatoms. The zero-order valence-corrected chi connectivity index (χ0v) is 11.0. The van der Waals surface area contributed by atoms with Crippen molar-refractivity contribution in [3.63, 3.8) is 0 Å². The van der Waals surface area contributed by atoms with Crippen LogP contribution in [-0.2, 0) is 0 Å². The van der Waals surface area contributed by atoms with Crippen molar-refractivity contribution >= 4 is 0 Å². The van der Waals surface area contributed by atoms with E-state index in [1.165, 1.54) is 5.57 Å². The quantitative estimate of drug-likeness (QED) is 0.679. The number of hydrogen-bond acceptors (Lipinski definition) is 2. The lowest BCUT2D eigenvalue weighted by molar-refractivity contribution is 0.332. The Morgan fingerprint density at radius 3 is 2.31 bits per heavy atom. The monoisotopic (exact) mass is 223 g/mol. The van der Waals surface area contributed by atoms with Crippen LogP contribution in [0.25, 0.3) is 0 Å². The molecule has 0 aliphatic heterocycles. The average Bonchev–Trinajstić information content (AvgIpc) is 2.20. The van der Waals surface area contributed by atoms with Crippen LogP contribution >= 0.6 is 0 Å². The van der Waals surface area contributed by atoms with Crippen molar-refractivity contribution in [2.24, 2.45) is 0 Å². The summed E-state index contributed by atoms with van der Waals surface area (Å²) in [5, 5.41) is 12.7. The van der Waals surface area contributed by atoms with Crippen LogP contribution in [0.3, 0.4) is 0 Å². The average molecular weight is 223 g/mol. The summed E-state index contributed by atoms with van der Waals surface area (Å²) in [6, 6.07) is 0. The predicted octanol–water partition coefficient (Wildman–Crippen LogP) is 2.82. The Morgan fingerprint density at radius 1 is 1.31 bits per heavy atom. The fraction of sp³-hybridized carbons (Fsp3) is 0.571. The minimum atomic E-state index is 0.0706. The Morgan fingerprint density at radius 2 is 1.94 bits per heavy atom. The fourth-order valence-corrected chi connectivity index (χ4v) is 1.47. The zero-order chi connectivity index (χ0) is 12.6. The molecule has 0 spiro atoms. The molecule has 0 atom stereocenters. The largest absolute Gasteiger partial charge is 0.392 e. The van der Waals surface area contributed by atoms with Crippen molar-refractivity contribution in [3.8, 4) is 0 Å². The second kappa shape index (κ2) is 7.42. The molecule has 0 unspecified atom stereocenters. The van der Waals surface area contributed by atoms with Gasteiger partial charge >= 0.3 is 0 Å². The highest BCUT2D eigenvalue weighted by Gasteiger charge is 2.09. The topological polar surface area (TPSA) is 32.3 Å². The molecule has 0 saturated carbocycles. The van der Waals surface area contributed by atoms with Crippen LogP contribution in [0.2, 0.25) is 0 Å². The summed E-state index contributed by atoms with van der Waals surface area (Å²) >= 11 is 0. The molecule has 0 rings (SSSR count). The number of rotatable bonds is 6. The number of aliphatic hydroxyl groups is 1. The summed E-state index contributed by atoms with van der Waals surface area (Å²) in [5.41, 5.74) is 2.27. The Balaban J connectivity index is 4.32. The first-order chi connectivity index (χ1) is 7.44. The minimum absolute atomic E-state index is 0.0706. The maximum Gasteiger partial charge on any atom is 0.0684 e. The smallest absolute Gasteiger partial charge is 0.0684 e. The van der Waals surface area contributed by atoms with Gasteiger partial charge in [-0.2, -0.15) is 0 Å². The molecule has 2 nitrogen and oxygen atoms in total. The second-order valence-corrected chi connectivity index (χ2v) is 4.83. The van der Waals surface area contributed by atoms with Crippen molar-refractivity contribution < 1.29 is 5.11 Å². The van der Waals surface area contributed by atoms with Gasteiger partial charge in [-0.25, -0.2) is 0 Å². The summed E-state index contributed by atoms with van der Waals surface area (Å²) < 4.78 is 0. The molecule has 0 aromatic heterocycles. The van der Waals surface area contributed by atoms with Crippen molar-refractivity contribution in [1.82, 2.24) is 5.32 Å². The van der Waals surface area contributed by atoms with Gasteiger partial charge in [-0.05, 0) is 51.8 Å². The summed E-state index contributed by atoms with van der Waals surface area (Å²) in [5.74, 6) is 0. The predicted molar refractivity (Wildman–Crippen MR) is 71.5 cm³/mol. The van der Waals surface area contributed by atoms with Gasteiger partial charge in [-0.15, -0.1) is 0 Å². The number of allylic oxidation sites excluding steroid dienone is 3. The maximum absolute atomic E-state index is 9.24. The molecule has 0 aromatic carbocycles. The Hall–Kier alpha value is -0.860. The van der Waals surface area contributed by atoms with Crippen molar-refractivity contribution in [2.45, 2.75) is 39.7 Å². The van der Waals surface area contributed by atoms with Crippen LogP contribution in [0.5, 0.6) is 0 Å². The normalized spacial score (nSPS) is 14.1. The minimum Gasteiger partial charge on any atom is -0.392 e. The van der Waals surface area contributed by atoms with Gasteiger partial charge in [-0.1, -0.05) is 24.8 Å². The van der Waals surface area contributed by atoms with Gasteiger partial charge in [0.25, 0.3) is 0 Å². The molecule has 0 aromatic rings. The molecule has 0 radical (unpaired) electrons. The van der Waals surface area contributed by atoms with Gasteiger partial charge in [0, 0.05) is 5.54 Å². The molecule has 0 amide bonds. The molecule has 0 aliphatic carbocycles. The van der Waals surface area contributed by atoms with Crippen LogP contribution in [0.4, 0.5) is 0 Å². The number of nitrogens with one attached hydrogen (secondary N) is 1. The molecular formula is C14H25NO. The molecule has 0 heterocycles. The third kappa shape index (κ3) is 6.59. The zero-order valence-electron chi connectivity index (χ0n) is 11.0. The molecule has 0 aliphatic rings. The molecule has 92 valence electrons. The Kier molecular flexibility index (Phi) is 7.02. The molecule has 0 fully saturated rings. The summed E-state index contributed by atoms with van der Waals surface area (Å²) in [4.78, 5) is 0. The van der Waals surface area contributed by atoms with Crippen LogP contribution in [-0.4, -0.2) is 23.8 Å². The standard InChI is InChI=1S/C14H25NO/c1-6-8-13(11-16)12(7-2)9-10-15-14(3,4)5/h6-8,15-16H,1,9-11H2,2-5H3/b12-7-,13-8-. The van der Waals surface area contributed by atoms with E-state index in [1.807, 2.05) is 13.0 Å². The second-order valence-electron chi connectivity index (χ2n) is 4.83. The van der Waals surface area contributed by atoms with Gasteiger partial charge in [0.2, 0.25) is 0 Å². The summed E-state index contributed by atoms with van der Waals surface area (Å²) in [7, 11) is 0.